The normalized spacial score (nSPS) is 16.4. The second kappa shape index (κ2) is 13.5. The average Bonchev–Trinajstić information content (AvgIpc) is 3.27. The van der Waals surface area contributed by atoms with Crippen molar-refractivity contribution in [1.82, 2.24) is 10.6 Å². The maximum Gasteiger partial charge on any atom is 0.328 e. The first-order valence-electron chi connectivity index (χ1n) is 12.3. The zero-order valence-corrected chi connectivity index (χ0v) is 21.9. The zero-order valence-electron chi connectivity index (χ0n) is 21.1. The minimum Gasteiger partial charge on any atom is -0.508 e. The van der Waals surface area contributed by atoms with Gasteiger partial charge in [0.05, 0.1) is 11.9 Å². The lowest BCUT2D eigenvalue weighted by atomic mass is 9.94. The zero-order chi connectivity index (χ0) is 26.0. The molecule has 2 atom stereocenters. The lowest BCUT2D eigenvalue weighted by molar-refractivity contribution is -0.149. The van der Waals surface area contributed by atoms with Gasteiger partial charge < -0.3 is 20.5 Å². The molecule has 8 nitrogen and oxygen atoms in total. The molecule has 35 heavy (non-hydrogen) atoms. The average molecular weight is 507 g/mol. The molecule has 1 aromatic rings. The van der Waals surface area contributed by atoms with Crippen LogP contribution >= 0.6 is 11.8 Å². The number of benzene rings is 1. The minimum absolute atomic E-state index is 0.0961. The number of ether oxygens (including phenoxy) is 1. The summed E-state index contributed by atoms with van der Waals surface area (Å²) in [6.45, 7) is 7.40. The first kappa shape index (κ1) is 28.7. The summed E-state index contributed by atoms with van der Waals surface area (Å²) in [6, 6.07) is 5.48. The predicted molar refractivity (Wildman–Crippen MR) is 136 cm³/mol. The third-order valence-electron chi connectivity index (χ3n) is 6.12. The molecule has 2 rings (SSSR count). The van der Waals surface area contributed by atoms with E-state index in [2.05, 4.69) is 10.6 Å². The van der Waals surface area contributed by atoms with E-state index in [0.717, 1.165) is 43.0 Å². The van der Waals surface area contributed by atoms with E-state index < -0.39 is 28.7 Å². The molecule has 0 spiro atoms. The Morgan fingerprint density at radius 2 is 1.74 bits per heavy atom. The Bertz CT molecular complexity index is 880. The highest BCUT2D eigenvalue weighted by Crippen LogP contribution is 2.32. The SMILES string of the molecule is CCCCOC(=O)[C@@H](Cc1ccc(O)cc1)NC(=O)C1(NC(=O)[C@@H](SC(C)=O)C(C)C)CCCC1. The Labute approximate surface area is 212 Å². The Morgan fingerprint density at radius 3 is 2.29 bits per heavy atom. The monoisotopic (exact) mass is 506 g/mol. The summed E-state index contributed by atoms with van der Waals surface area (Å²) in [7, 11) is 0. The molecule has 2 amide bonds. The molecule has 194 valence electrons. The number of esters is 1. The number of amides is 2. The van der Waals surface area contributed by atoms with Gasteiger partial charge in [-0.3, -0.25) is 14.4 Å². The lowest BCUT2D eigenvalue weighted by Crippen LogP contribution is -2.61. The molecule has 3 N–H and O–H groups in total. The van der Waals surface area contributed by atoms with E-state index in [-0.39, 0.29) is 35.7 Å². The summed E-state index contributed by atoms with van der Waals surface area (Å²) in [5, 5.41) is 14.6. The number of hydrogen-bond donors (Lipinski definition) is 3. The topological polar surface area (TPSA) is 122 Å². The first-order chi connectivity index (χ1) is 16.6. The van der Waals surface area contributed by atoms with Crippen LogP contribution in [0.1, 0.15) is 71.8 Å². The molecule has 0 radical (unpaired) electrons. The van der Waals surface area contributed by atoms with Crippen molar-refractivity contribution in [2.45, 2.75) is 89.5 Å². The van der Waals surface area contributed by atoms with Crippen molar-refractivity contribution in [3.8, 4) is 5.75 Å². The largest absolute Gasteiger partial charge is 0.508 e. The molecule has 0 heterocycles. The number of carbonyl (C=O) groups excluding carboxylic acids is 4. The van der Waals surface area contributed by atoms with Crippen molar-refractivity contribution in [2.75, 3.05) is 6.61 Å². The molecule has 0 bridgehead atoms. The first-order valence-corrected chi connectivity index (χ1v) is 13.2. The van der Waals surface area contributed by atoms with Crippen LogP contribution in [0, 0.1) is 5.92 Å². The summed E-state index contributed by atoms with van der Waals surface area (Å²) in [5.41, 5.74) is -0.388. The number of thioether (sulfide) groups is 1. The third kappa shape index (κ3) is 8.56. The number of aromatic hydroxyl groups is 1. The van der Waals surface area contributed by atoms with Gasteiger partial charge in [-0.25, -0.2) is 4.79 Å². The van der Waals surface area contributed by atoms with E-state index in [0.29, 0.717) is 12.8 Å². The van der Waals surface area contributed by atoms with Crippen LogP contribution in [0.3, 0.4) is 0 Å². The molecule has 1 aliphatic rings. The molecular weight excluding hydrogens is 468 g/mol. The Kier molecular flexibility index (Phi) is 11.1. The van der Waals surface area contributed by atoms with Gasteiger partial charge in [0.25, 0.3) is 0 Å². The Balaban J connectivity index is 2.22. The number of unbranched alkanes of at least 4 members (excludes halogenated alkanes) is 1. The van der Waals surface area contributed by atoms with Crippen LogP contribution < -0.4 is 10.6 Å². The quantitative estimate of drug-likeness (QED) is 0.293. The number of rotatable bonds is 12. The van der Waals surface area contributed by atoms with Crippen molar-refractivity contribution in [2.24, 2.45) is 5.92 Å². The summed E-state index contributed by atoms with van der Waals surface area (Å²) in [6.07, 6.45) is 4.22. The van der Waals surface area contributed by atoms with Gasteiger partial charge in [-0.15, -0.1) is 0 Å². The molecule has 0 saturated heterocycles. The number of phenols is 1. The van der Waals surface area contributed by atoms with Gasteiger partial charge in [0.2, 0.25) is 11.8 Å². The predicted octanol–water partition coefficient (Wildman–Crippen LogP) is 3.50. The van der Waals surface area contributed by atoms with Crippen molar-refractivity contribution >= 4 is 34.7 Å². The molecule has 9 heteroatoms. The summed E-state index contributed by atoms with van der Waals surface area (Å²) in [5.74, 6) is -1.30. The highest BCUT2D eigenvalue weighted by Gasteiger charge is 2.45. The lowest BCUT2D eigenvalue weighted by Gasteiger charge is -2.33. The second-order valence-electron chi connectivity index (χ2n) is 9.47. The summed E-state index contributed by atoms with van der Waals surface area (Å²) >= 11 is 0.965. The van der Waals surface area contributed by atoms with E-state index in [1.54, 1.807) is 12.1 Å². The smallest absolute Gasteiger partial charge is 0.328 e. The number of nitrogens with one attached hydrogen (secondary N) is 2. The Hall–Kier alpha value is -2.55. The van der Waals surface area contributed by atoms with Gasteiger partial charge in [0.15, 0.2) is 5.12 Å². The molecule has 0 aromatic heterocycles. The molecule has 1 fully saturated rings. The van der Waals surface area contributed by atoms with E-state index in [9.17, 15) is 24.3 Å². The second-order valence-corrected chi connectivity index (χ2v) is 10.8. The van der Waals surface area contributed by atoms with Gasteiger partial charge in [-0.2, -0.15) is 0 Å². The van der Waals surface area contributed by atoms with Crippen LogP contribution in [0.25, 0.3) is 0 Å². The summed E-state index contributed by atoms with van der Waals surface area (Å²) in [4.78, 5) is 51.2. The molecule has 1 aromatic carbocycles. The van der Waals surface area contributed by atoms with Crippen LogP contribution in [-0.4, -0.2) is 51.4 Å². The van der Waals surface area contributed by atoms with Crippen LogP contribution in [0.4, 0.5) is 0 Å². The van der Waals surface area contributed by atoms with Gasteiger partial charge in [-0.05, 0) is 42.9 Å². The van der Waals surface area contributed by atoms with Crippen LogP contribution in [0.5, 0.6) is 5.75 Å². The van der Waals surface area contributed by atoms with E-state index in [4.69, 9.17) is 4.74 Å². The van der Waals surface area contributed by atoms with Crippen LogP contribution in [-0.2, 0) is 30.3 Å². The number of phenolic OH excluding ortho intramolecular Hbond substituents is 1. The van der Waals surface area contributed by atoms with Crippen molar-refractivity contribution in [3.05, 3.63) is 29.8 Å². The fourth-order valence-electron chi connectivity index (χ4n) is 4.14. The molecule has 1 aliphatic carbocycles. The van der Waals surface area contributed by atoms with Crippen molar-refractivity contribution in [1.29, 1.82) is 0 Å². The minimum atomic E-state index is -1.14. The van der Waals surface area contributed by atoms with E-state index in [1.165, 1.54) is 19.1 Å². The number of hydrogen-bond acceptors (Lipinski definition) is 7. The molecular formula is C26H38N2O6S. The maximum absolute atomic E-state index is 13.6. The van der Waals surface area contributed by atoms with Gasteiger partial charge >= 0.3 is 5.97 Å². The molecule has 0 aliphatic heterocycles. The van der Waals surface area contributed by atoms with Crippen LogP contribution in [0.15, 0.2) is 24.3 Å². The van der Waals surface area contributed by atoms with Crippen LogP contribution in [0.2, 0.25) is 0 Å². The standard InChI is InChI=1S/C26H38N2O6S/c1-5-6-15-34-24(32)21(16-19-9-11-20(30)12-10-19)27-25(33)26(13-7-8-14-26)28-23(31)22(17(2)3)35-18(4)29/h9-12,17,21-22,30H,5-8,13-16H2,1-4H3,(H,27,33)(H,28,31)/t21-,22+/m1/s1. The van der Waals surface area contributed by atoms with Crippen molar-refractivity contribution in [3.63, 3.8) is 0 Å². The van der Waals surface area contributed by atoms with E-state index in [1.807, 2.05) is 20.8 Å². The number of carbonyl (C=O) groups is 4. The maximum atomic E-state index is 13.6. The molecule has 1 saturated carbocycles. The van der Waals surface area contributed by atoms with Gasteiger partial charge in [0.1, 0.15) is 17.3 Å². The third-order valence-corrected chi connectivity index (χ3v) is 7.46. The van der Waals surface area contributed by atoms with Gasteiger partial charge in [0, 0.05) is 13.3 Å². The fraction of sp³-hybridized carbons (Fsp3) is 0.615. The Morgan fingerprint density at radius 1 is 1.11 bits per heavy atom. The molecule has 0 unspecified atom stereocenters. The summed E-state index contributed by atoms with van der Waals surface area (Å²) < 4.78 is 5.40. The van der Waals surface area contributed by atoms with E-state index >= 15 is 0 Å². The van der Waals surface area contributed by atoms with Gasteiger partial charge in [-0.1, -0.05) is 63.9 Å². The highest BCUT2D eigenvalue weighted by atomic mass is 32.2. The van der Waals surface area contributed by atoms with Crippen molar-refractivity contribution < 1.29 is 29.0 Å². The highest BCUT2D eigenvalue weighted by molar-refractivity contribution is 8.14. The fourth-order valence-corrected chi connectivity index (χ4v) is 4.94.